The van der Waals surface area contributed by atoms with E-state index in [1.807, 2.05) is 44.2 Å². The zero-order valence-electron chi connectivity index (χ0n) is 18.6. The van der Waals surface area contributed by atoms with Gasteiger partial charge in [-0.25, -0.2) is 0 Å². The van der Waals surface area contributed by atoms with Crippen LogP contribution in [0.1, 0.15) is 31.8 Å². The van der Waals surface area contributed by atoms with Crippen LogP contribution in [0.25, 0.3) is 31.4 Å². The van der Waals surface area contributed by atoms with Crippen LogP contribution < -0.4 is 0 Å². The van der Waals surface area contributed by atoms with Crippen LogP contribution in [0.4, 0.5) is 0 Å². The van der Waals surface area contributed by atoms with Gasteiger partial charge in [-0.05, 0) is 48.5 Å². The van der Waals surface area contributed by atoms with Gasteiger partial charge in [0.25, 0.3) is 0 Å². The Morgan fingerprint density at radius 1 is 1.12 bits per heavy atom. The van der Waals surface area contributed by atoms with Crippen LogP contribution >= 0.6 is 11.3 Å². The average Bonchev–Trinajstić information content (AvgIpc) is 3.05. The maximum atomic E-state index is 8.40. The van der Waals surface area contributed by atoms with E-state index in [0.29, 0.717) is 11.1 Å². The van der Waals surface area contributed by atoms with Gasteiger partial charge in [0.05, 0.1) is 5.69 Å². The van der Waals surface area contributed by atoms with Gasteiger partial charge in [0, 0.05) is 38.8 Å². The van der Waals surface area contributed by atoms with Crippen molar-refractivity contribution in [2.24, 2.45) is 5.92 Å². The molecule has 0 unspecified atom stereocenters. The summed E-state index contributed by atoms with van der Waals surface area (Å²) in [6, 6.07) is 14.8. The fourth-order valence-electron chi connectivity index (χ4n) is 3.00. The average molecular weight is 337 g/mol. The van der Waals surface area contributed by atoms with Crippen LogP contribution in [0.2, 0.25) is 0 Å². The molecule has 0 amide bonds. The Hall–Kier alpha value is -2.19. The maximum absolute atomic E-state index is 8.40. The zero-order valence-corrected chi connectivity index (χ0v) is 14.4. The quantitative estimate of drug-likeness (QED) is 0.409. The van der Waals surface area contributed by atoms with Gasteiger partial charge in [0.1, 0.15) is 0 Å². The summed E-state index contributed by atoms with van der Waals surface area (Å²) in [5.41, 5.74) is 2.60. The lowest BCUT2D eigenvalue weighted by Crippen LogP contribution is -1.95. The molecule has 2 aromatic carbocycles. The van der Waals surface area contributed by atoms with Gasteiger partial charge in [-0.2, -0.15) is 0 Å². The molecule has 0 saturated carbocycles. The summed E-state index contributed by atoms with van der Waals surface area (Å²) in [6.07, 6.45) is 0.212. The molecule has 0 aliphatic carbocycles. The molecule has 4 aromatic rings. The number of rotatable bonds is 3. The molecule has 4 rings (SSSR count). The number of hydrogen-bond donors (Lipinski definition) is 0. The minimum atomic E-state index is -2.13. The van der Waals surface area contributed by atoms with Gasteiger partial charge >= 0.3 is 0 Å². The molecule has 24 heavy (non-hydrogen) atoms. The summed E-state index contributed by atoms with van der Waals surface area (Å²) in [4.78, 5) is 4.51. The predicted octanol–water partition coefficient (Wildman–Crippen LogP) is 6.62. The first kappa shape index (κ1) is 10.6. The normalized spacial score (nSPS) is 15.9. The highest BCUT2D eigenvalue weighted by molar-refractivity contribution is 7.26. The molecule has 0 saturated heterocycles. The Morgan fingerprint density at radius 2 is 2.04 bits per heavy atom. The molecule has 0 aliphatic rings. The number of thiophene rings is 1. The predicted molar refractivity (Wildman–Crippen MR) is 106 cm³/mol. The van der Waals surface area contributed by atoms with E-state index in [2.05, 4.69) is 4.98 Å². The van der Waals surface area contributed by atoms with Crippen LogP contribution in [0.15, 0.2) is 54.7 Å². The van der Waals surface area contributed by atoms with E-state index in [-0.39, 0.29) is 5.92 Å². The van der Waals surface area contributed by atoms with E-state index in [4.69, 9.17) is 6.85 Å². The Labute approximate surface area is 154 Å². The van der Waals surface area contributed by atoms with Crippen molar-refractivity contribution in [3.8, 4) is 11.3 Å². The van der Waals surface area contributed by atoms with Crippen molar-refractivity contribution in [1.82, 2.24) is 4.98 Å². The largest absolute Gasteiger partial charge is 0.256 e. The van der Waals surface area contributed by atoms with Crippen molar-refractivity contribution < 1.29 is 6.85 Å². The van der Waals surface area contributed by atoms with E-state index in [9.17, 15) is 0 Å². The third kappa shape index (κ3) is 2.71. The van der Waals surface area contributed by atoms with E-state index in [1.165, 1.54) is 0 Å². The van der Waals surface area contributed by atoms with Crippen molar-refractivity contribution in [3.05, 3.63) is 65.9 Å². The zero-order chi connectivity index (χ0) is 21.0. The molecule has 0 atom stereocenters. The molecule has 1 nitrogen and oxygen atoms in total. The van der Waals surface area contributed by atoms with Crippen molar-refractivity contribution in [3.63, 3.8) is 0 Å². The van der Waals surface area contributed by atoms with Crippen LogP contribution in [0.5, 0.6) is 0 Å². The molecule has 2 heterocycles. The third-order valence-corrected chi connectivity index (χ3v) is 5.19. The van der Waals surface area contributed by atoms with E-state index < -0.39 is 13.2 Å². The Balaban J connectivity index is 1.91. The second-order valence-corrected chi connectivity index (χ2v) is 7.28. The van der Waals surface area contributed by atoms with E-state index in [1.54, 1.807) is 35.7 Å². The van der Waals surface area contributed by atoms with E-state index in [0.717, 1.165) is 31.4 Å². The van der Waals surface area contributed by atoms with Crippen molar-refractivity contribution >= 4 is 31.5 Å². The molecule has 0 radical (unpaired) electrons. The fourth-order valence-corrected chi connectivity index (χ4v) is 4.27. The summed E-state index contributed by atoms with van der Waals surface area (Å²) in [7, 11) is 0. The molecular weight excluding hydrogens is 310 g/mol. The van der Waals surface area contributed by atoms with Crippen LogP contribution in [-0.4, -0.2) is 4.98 Å². The molecule has 0 fully saturated rings. The van der Waals surface area contributed by atoms with Crippen LogP contribution in [0, 0.1) is 12.8 Å². The minimum Gasteiger partial charge on any atom is -0.256 e. The van der Waals surface area contributed by atoms with Gasteiger partial charge < -0.3 is 0 Å². The Morgan fingerprint density at radius 3 is 2.88 bits per heavy atom. The molecule has 2 heteroatoms. The number of nitrogens with zero attached hydrogens (tertiary/aromatic N) is 1. The standard InChI is InChI=1S/C22H21NS/c1-14(2)11-16-9-10-23-20(13-16)19-6-4-5-18-17-8-7-15(3)12-21(17)24-22(18)19/h4-10,12-14H,11H2,1-3H3/i3D3,11D2. The second kappa shape index (κ2) is 6.03. The van der Waals surface area contributed by atoms with Gasteiger partial charge in [0.15, 0.2) is 0 Å². The minimum absolute atomic E-state index is 0.156. The Bertz CT molecular complexity index is 1210. The maximum Gasteiger partial charge on any atom is 0.0719 e. The number of fused-ring (bicyclic) bond motifs is 3. The number of aromatic nitrogens is 1. The first-order valence-electron chi connectivity index (χ1n) is 10.5. The number of aryl methyl sites for hydroxylation is 1. The molecule has 0 N–H and O–H groups in total. The first-order chi connectivity index (χ1) is 13.6. The fraction of sp³-hybridized carbons (Fsp3) is 0.227. The highest BCUT2D eigenvalue weighted by Gasteiger charge is 2.11. The lowest BCUT2D eigenvalue weighted by Gasteiger charge is -2.08. The topological polar surface area (TPSA) is 12.9 Å². The smallest absolute Gasteiger partial charge is 0.0719 e. The lowest BCUT2D eigenvalue weighted by molar-refractivity contribution is 0.647. The number of pyridine rings is 1. The van der Waals surface area contributed by atoms with Gasteiger partial charge in [-0.1, -0.05) is 44.2 Å². The monoisotopic (exact) mass is 336 g/mol. The molecule has 2 aromatic heterocycles. The summed E-state index contributed by atoms with van der Waals surface area (Å²) in [6.45, 7) is 1.61. The molecule has 0 bridgehead atoms. The number of hydrogen-bond acceptors (Lipinski definition) is 2. The highest BCUT2D eigenvalue weighted by Crippen LogP contribution is 2.39. The molecule has 120 valence electrons. The van der Waals surface area contributed by atoms with Crippen molar-refractivity contribution in [2.45, 2.75) is 27.1 Å². The van der Waals surface area contributed by atoms with Crippen molar-refractivity contribution in [1.29, 1.82) is 0 Å². The van der Waals surface area contributed by atoms with E-state index >= 15 is 0 Å². The lowest BCUT2D eigenvalue weighted by atomic mass is 10.0. The van der Waals surface area contributed by atoms with Gasteiger partial charge in [-0.3, -0.25) is 4.98 Å². The summed E-state index contributed by atoms with van der Waals surface area (Å²) in [5, 5.41) is 2.08. The first-order valence-corrected chi connectivity index (χ1v) is 8.83. The molecular formula is C22H21NS. The molecule has 0 aliphatic heterocycles. The van der Waals surface area contributed by atoms with Gasteiger partial charge in [-0.15, -0.1) is 11.3 Å². The summed E-state index contributed by atoms with van der Waals surface area (Å²) < 4.78 is 41.8. The third-order valence-electron chi connectivity index (χ3n) is 3.99. The van der Waals surface area contributed by atoms with Gasteiger partial charge in [0.2, 0.25) is 0 Å². The van der Waals surface area contributed by atoms with Crippen molar-refractivity contribution in [2.75, 3.05) is 0 Å². The second-order valence-electron chi connectivity index (χ2n) is 6.22. The summed E-state index contributed by atoms with van der Waals surface area (Å²) >= 11 is 1.55. The van der Waals surface area contributed by atoms with Crippen LogP contribution in [-0.2, 0) is 6.37 Å². The highest BCUT2D eigenvalue weighted by atomic mass is 32.1. The number of benzene rings is 2. The summed E-state index contributed by atoms with van der Waals surface area (Å²) in [5.74, 6) is -0.156. The van der Waals surface area contributed by atoms with Crippen LogP contribution in [0.3, 0.4) is 0 Å². The Kier molecular flexibility index (Phi) is 2.67. The molecule has 0 spiro atoms. The SMILES string of the molecule is [2H]C([2H])([2H])c1ccc2c(c1)sc1c(-c3cc(C([2H])([2H])C(C)C)ccn3)cccc12.